The van der Waals surface area contributed by atoms with E-state index in [1.807, 2.05) is 0 Å². The summed E-state index contributed by atoms with van der Waals surface area (Å²) in [6.45, 7) is -1.67. The monoisotopic (exact) mass is 691 g/mol. The van der Waals surface area contributed by atoms with E-state index in [0.29, 0.717) is 0 Å². The number of aromatic amines is 1. The fraction of sp³-hybridized carbons (Fsp3) is 0.524. The lowest BCUT2D eigenvalue weighted by Gasteiger charge is -2.23. The van der Waals surface area contributed by atoms with Gasteiger partial charge in [-0.2, -0.15) is 9.88 Å². The Labute approximate surface area is 255 Å². The Morgan fingerprint density at radius 3 is 2.48 bits per heavy atom. The molecule has 0 spiro atoms. The van der Waals surface area contributed by atoms with Gasteiger partial charge < -0.3 is 40.8 Å². The van der Waals surface area contributed by atoms with E-state index < -0.39 is 90.1 Å². The van der Waals surface area contributed by atoms with Crippen LogP contribution in [-0.4, -0.2) is 115 Å². The van der Waals surface area contributed by atoms with Crippen molar-refractivity contribution in [2.45, 2.75) is 49.1 Å². The zero-order chi connectivity index (χ0) is 32.9. The molecule has 0 aliphatic carbocycles. The molecule has 25 heteroatoms. The second-order valence-electron chi connectivity index (χ2n) is 10.1. The molecule has 0 bridgehead atoms. The van der Waals surface area contributed by atoms with E-state index in [-0.39, 0.29) is 34.1 Å². The summed E-state index contributed by atoms with van der Waals surface area (Å²) < 4.78 is 69.2. The van der Waals surface area contributed by atoms with E-state index in [0.717, 1.165) is 17.2 Å². The molecule has 0 aromatic carbocycles. The highest BCUT2D eigenvalue weighted by molar-refractivity contribution is 7.47. The number of hydrogen-bond donors (Lipinski definition) is 7. The van der Waals surface area contributed by atoms with Crippen molar-refractivity contribution in [3.05, 3.63) is 29.3 Å². The highest BCUT2D eigenvalue weighted by atomic mass is 31.2. The van der Waals surface area contributed by atoms with Crippen molar-refractivity contribution >= 4 is 49.9 Å². The Morgan fingerprint density at radius 1 is 1.07 bits per heavy atom. The van der Waals surface area contributed by atoms with E-state index in [1.54, 1.807) is 0 Å². The predicted octanol–water partition coefficient (Wildman–Crippen LogP) is -1.81. The van der Waals surface area contributed by atoms with Gasteiger partial charge in [0.15, 0.2) is 41.3 Å². The number of aliphatic hydroxyl groups excluding tert-OH is 2. The lowest BCUT2D eigenvalue weighted by atomic mass is 10.1. The third-order valence-corrected chi connectivity index (χ3v) is 8.53. The second kappa shape index (κ2) is 12.5. The predicted molar refractivity (Wildman–Crippen MR) is 148 cm³/mol. The van der Waals surface area contributed by atoms with Crippen molar-refractivity contribution in [1.29, 1.82) is 0 Å². The molecule has 9 N–H and O–H groups in total. The van der Waals surface area contributed by atoms with Crippen molar-refractivity contribution < 1.29 is 56.8 Å². The summed E-state index contributed by atoms with van der Waals surface area (Å²) >= 11 is 0. The Bertz CT molecular complexity index is 1880. The van der Waals surface area contributed by atoms with Crippen molar-refractivity contribution in [2.75, 3.05) is 31.0 Å². The molecule has 2 saturated heterocycles. The van der Waals surface area contributed by atoms with Gasteiger partial charge in [-0.15, -0.1) is 0 Å². The number of phosphoric ester groups is 1. The Kier molecular flexibility index (Phi) is 8.82. The van der Waals surface area contributed by atoms with Crippen LogP contribution in [0.2, 0.25) is 0 Å². The number of fused-ring (bicyclic) bond motifs is 2. The largest absolute Gasteiger partial charge is 0.534 e. The first kappa shape index (κ1) is 32.3. The van der Waals surface area contributed by atoms with Gasteiger partial charge in [0.05, 0.1) is 25.9 Å². The molecule has 2 aliphatic rings. The topological polar surface area (TPSA) is 320 Å². The van der Waals surface area contributed by atoms with Gasteiger partial charge in [0.1, 0.15) is 42.4 Å². The van der Waals surface area contributed by atoms with Crippen LogP contribution in [0.5, 0.6) is 0 Å². The number of phosphoric acid groups is 1. The number of alkyl halides is 1. The number of nitrogens with one attached hydrogen (secondary N) is 1. The summed E-state index contributed by atoms with van der Waals surface area (Å²) in [5, 5.41) is 20.8. The van der Waals surface area contributed by atoms with Gasteiger partial charge in [0.25, 0.3) is 11.9 Å². The molecule has 2 fully saturated rings. The van der Waals surface area contributed by atoms with Crippen LogP contribution in [0.3, 0.4) is 0 Å². The maximum Gasteiger partial charge on any atom is 0.534 e. The summed E-state index contributed by atoms with van der Waals surface area (Å²) in [7, 11) is -8.00. The maximum atomic E-state index is 15.7. The SMILES string of the molecule is Nc1nc2c(ncn2[C@@H]2O[C@H](CO)C(OP(=O)(O)OC[C@H]3O[C@@H](n4cnc5c(N)ncnc54)C(O)C3OC[P+](=O)O)C2F)c(=O)[nH]1. The number of aromatic nitrogens is 8. The van der Waals surface area contributed by atoms with Gasteiger partial charge in [-0.1, -0.05) is 0 Å². The number of anilines is 2. The zero-order valence-electron chi connectivity index (χ0n) is 23.1. The van der Waals surface area contributed by atoms with Gasteiger partial charge >= 0.3 is 15.9 Å². The zero-order valence-corrected chi connectivity index (χ0v) is 24.9. The summed E-state index contributed by atoms with van der Waals surface area (Å²) in [4.78, 5) is 54.0. The minimum Gasteiger partial charge on any atom is -0.394 e. The molecule has 4 aromatic rings. The average molecular weight is 691 g/mol. The van der Waals surface area contributed by atoms with Gasteiger partial charge in [-0.3, -0.25) is 28.0 Å². The molecule has 0 saturated carbocycles. The molecule has 46 heavy (non-hydrogen) atoms. The number of imidazole rings is 2. The van der Waals surface area contributed by atoms with Crippen molar-refractivity contribution in [3.8, 4) is 0 Å². The van der Waals surface area contributed by atoms with Crippen molar-refractivity contribution in [3.63, 3.8) is 0 Å². The van der Waals surface area contributed by atoms with Gasteiger partial charge in [0.2, 0.25) is 5.95 Å². The molecule has 0 amide bonds. The van der Waals surface area contributed by atoms with Crippen molar-refractivity contribution in [1.82, 2.24) is 39.0 Å². The average Bonchev–Trinajstić information content (AvgIpc) is 3.76. The molecule has 6 heterocycles. The van der Waals surface area contributed by atoms with E-state index in [4.69, 9.17) is 34.7 Å². The van der Waals surface area contributed by atoms with Crippen LogP contribution in [-0.2, 0) is 32.4 Å². The summed E-state index contributed by atoms with van der Waals surface area (Å²) in [5.41, 5.74) is 10.7. The van der Waals surface area contributed by atoms with Gasteiger partial charge in [0, 0.05) is 0 Å². The number of nitrogens with zero attached hydrogens (tertiary/aromatic N) is 7. The van der Waals surface area contributed by atoms with Crippen LogP contribution in [0.4, 0.5) is 16.2 Å². The van der Waals surface area contributed by atoms with E-state index in [1.165, 1.54) is 10.9 Å². The highest BCUT2D eigenvalue weighted by Crippen LogP contribution is 2.50. The molecule has 10 atom stereocenters. The van der Waals surface area contributed by atoms with Gasteiger partial charge in [-0.25, -0.2) is 28.9 Å². The summed E-state index contributed by atoms with van der Waals surface area (Å²) in [5.74, 6) is -0.249. The highest BCUT2D eigenvalue weighted by Gasteiger charge is 2.52. The second-order valence-corrected chi connectivity index (χ2v) is 12.4. The van der Waals surface area contributed by atoms with Crippen LogP contribution in [0.1, 0.15) is 12.5 Å². The first-order valence-electron chi connectivity index (χ1n) is 13.2. The molecule has 6 rings (SSSR count). The molecule has 0 radical (unpaired) electrons. The van der Waals surface area contributed by atoms with Crippen LogP contribution in [0.15, 0.2) is 23.8 Å². The third-order valence-electron chi connectivity index (χ3n) is 7.18. The molecule has 248 valence electrons. The van der Waals surface area contributed by atoms with Crippen molar-refractivity contribution in [2.24, 2.45) is 0 Å². The fourth-order valence-corrected chi connectivity index (χ4v) is 6.42. The number of nitrogen functional groups attached to an aromatic ring is 2. The Morgan fingerprint density at radius 2 is 1.76 bits per heavy atom. The van der Waals surface area contributed by atoms with Crippen LogP contribution >= 0.6 is 15.9 Å². The number of H-pyrrole nitrogens is 1. The number of halogens is 1. The van der Waals surface area contributed by atoms with E-state index in [9.17, 15) is 33.9 Å². The number of rotatable bonds is 11. The molecule has 22 nitrogen and oxygen atoms in total. The molecular weight excluding hydrogens is 665 g/mol. The number of hydrogen-bond acceptors (Lipinski definition) is 17. The number of ether oxygens (including phenoxy) is 3. The summed E-state index contributed by atoms with van der Waals surface area (Å²) in [6.07, 6.45) is -10.1. The van der Waals surface area contributed by atoms with E-state index in [2.05, 4.69) is 29.9 Å². The smallest absolute Gasteiger partial charge is 0.394 e. The quantitative estimate of drug-likeness (QED) is 0.0852. The molecule has 2 aliphatic heterocycles. The van der Waals surface area contributed by atoms with Crippen LogP contribution < -0.4 is 17.0 Å². The van der Waals surface area contributed by atoms with Crippen LogP contribution in [0.25, 0.3) is 22.3 Å². The fourth-order valence-electron chi connectivity index (χ4n) is 5.17. The first-order valence-corrected chi connectivity index (χ1v) is 16.1. The minimum absolute atomic E-state index is 0.0420. The molecular formula is C21H26FN10O12P2+. The number of nitrogens with two attached hydrogens (primary N) is 2. The first-order chi connectivity index (χ1) is 21.9. The van der Waals surface area contributed by atoms with E-state index >= 15 is 4.39 Å². The van der Waals surface area contributed by atoms with Gasteiger partial charge in [-0.05, 0) is 4.57 Å². The molecule has 4 aromatic heterocycles. The number of aliphatic hydroxyl groups is 2. The third kappa shape index (κ3) is 5.98. The maximum absolute atomic E-state index is 15.7. The molecule has 6 unspecified atom stereocenters. The Balaban J connectivity index is 1.18. The normalized spacial score (nSPS) is 29.9. The summed E-state index contributed by atoms with van der Waals surface area (Å²) in [6, 6.07) is 0. The Hall–Kier alpha value is -3.60. The lowest BCUT2D eigenvalue weighted by Crippen LogP contribution is -2.37. The lowest BCUT2D eigenvalue weighted by molar-refractivity contribution is -0.0621. The standard InChI is InChI=1S/C21H25FN10O12P2/c22-9-13(7(1-33)42-19(9)32-5-28-11-17(32)29-21(24)30-18(11)35)44-46(38,39)41-2-8-14(40-6-45(36)37)12(34)20(43-8)31-4-27-10-15(23)25-3-26-16(10)31/h3-5,7-9,12-14,19-20,33-34H,1-2,6H2,(H6-,23,24,25,26,29,30,35,36,37,38,39)/p+1/t7-,8-,9?,12?,13?,14?,19-,20-/m1/s1. The minimum atomic E-state index is -5.19. The van der Waals surface area contributed by atoms with Crippen LogP contribution in [0, 0.1) is 0 Å².